The third kappa shape index (κ3) is 5.93. The highest BCUT2D eigenvalue weighted by atomic mass is 127. The molecule has 1 aliphatic heterocycles. The van der Waals surface area contributed by atoms with Crippen LogP contribution in [0.5, 0.6) is 0 Å². The number of carbonyl (C=O) groups is 2. The lowest BCUT2D eigenvalue weighted by Crippen LogP contribution is -2.41. The Morgan fingerprint density at radius 3 is 2.48 bits per heavy atom. The molecule has 5 nitrogen and oxygen atoms in total. The van der Waals surface area contributed by atoms with E-state index in [-0.39, 0.29) is 12.0 Å². The fourth-order valence-electron chi connectivity index (χ4n) is 3.01. The third-order valence-electron chi connectivity index (χ3n) is 4.75. The Morgan fingerprint density at radius 1 is 1.15 bits per heavy atom. The highest BCUT2D eigenvalue weighted by Crippen LogP contribution is 2.18. The number of ether oxygens (including phenoxy) is 1. The highest BCUT2D eigenvalue weighted by Gasteiger charge is 2.24. The molecule has 1 saturated heterocycles. The predicted octanol–water partition coefficient (Wildman–Crippen LogP) is 4.46. The zero-order valence-corrected chi connectivity index (χ0v) is 18.0. The van der Waals surface area contributed by atoms with Crippen molar-refractivity contribution in [3.63, 3.8) is 0 Å². The molecule has 0 aliphatic carbocycles. The topological polar surface area (TPSA) is 58.6 Å². The van der Waals surface area contributed by atoms with Crippen molar-refractivity contribution in [3.05, 3.63) is 57.8 Å². The van der Waals surface area contributed by atoms with E-state index in [1.54, 1.807) is 4.90 Å². The van der Waals surface area contributed by atoms with Crippen LogP contribution in [0.25, 0.3) is 0 Å². The van der Waals surface area contributed by atoms with Crippen molar-refractivity contribution in [1.29, 1.82) is 0 Å². The molecule has 0 atom stereocenters. The van der Waals surface area contributed by atoms with Gasteiger partial charge in [0.15, 0.2) is 0 Å². The minimum atomic E-state index is -0.256. The van der Waals surface area contributed by atoms with Gasteiger partial charge in [-0.2, -0.15) is 11.3 Å². The largest absolute Gasteiger partial charge is 0.445 e. The second-order valence-electron chi connectivity index (χ2n) is 6.66. The van der Waals surface area contributed by atoms with Gasteiger partial charge in [0.25, 0.3) is 5.91 Å². The van der Waals surface area contributed by atoms with Gasteiger partial charge in [-0.25, -0.2) is 4.79 Å². The lowest BCUT2D eigenvalue weighted by atomic mass is 9.97. The van der Waals surface area contributed by atoms with Gasteiger partial charge in [0.05, 0.1) is 0 Å². The Morgan fingerprint density at radius 2 is 1.85 bits per heavy atom. The molecule has 1 N–H and O–H groups in total. The molecule has 1 aliphatic rings. The summed E-state index contributed by atoms with van der Waals surface area (Å²) in [7, 11) is 0. The molecule has 7 heteroatoms. The first-order chi connectivity index (χ1) is 13.2. The van der Waals surface area contributed by atoms with Crippen LogP contribution >= 0.6 is 33.9 Å². The van der Waals surface area contributed by atoms with Gasteiger partial charge in [-0.3, -0.25) is 4.79 Å². The summed E-state index contributed by atoms with van der Waals surface area (Å²) < 4.78 is 6.41. The van der Waals surface area contributed by atoms with Crippen LogP contribution in [-0.2, 0) is 15.8 Å². The summed E-state index contributed by atoms with van der Waals surface area (Å²) in [6, 6.07) is 9.96. The van der Waals surface area contributed by atoms with Crippen molar-refractivity contribution >= 4 is 45.9 Å². The van der Waals surface area contributed by atoms with Crippen LogP contribution in [0.2, 0.25) is 0 Å². The number of nitrogens with zero attached hydrogens (tertiary/aromatic N) is 1. The number of hydrogen-bond acceptors (Lipinski definition) is 4. The summed E-state index contributed by atoms with van der Waals surface area (Å²) in [6.45, 7) is 2.30. The third-order valence-corrected chi connectivity index (χ3v) is 6.31. The molecule has 0 bridgehead atoms. The average molecular weight is 498 g/mol. The Kier molecular flexibility index (Phi) is 7.51. The smallest absolute Gasteiger partial charge is 0.410 e. The standard InChI is InChI=1S/C20H23IN2O3S/c21-11-15-1-3-17(4-2-15)13-26-20(25)23-8-5-16(6-9-23)12-22-19(24)18-7-10-27-14-18/h1-4,7,10,14,16H,5-6,8-9,11-13H2,(H,22,24). The van der Waals surface area contributed by atoms with Gasteiger partial charge >= 0.3 is 6.09 Å². The SMILES string of the molecule is O=C(NCC1CCN(C(=O)OCc2ccc(CI)cc2)CC1)c1ccsc1. The van der Waals surface area contributed by atoms with Crippen molar-refractivity contribution in [3.8, 4) is 0 Å². The maximum absolute atomic E-state index is 12.3. The van der Waals surface area contributed by atoms with Gasteiger partial charge in [-0.1, -0.05) is 46.9 Å². The number of carbonyl (C=O) groups excluding carboxylic acids is 2. The molecule has 3 rings (SSSR count). The number of rotatable bonds is 6. The van der Waals surface area contributed by atoms with Gasteiger partial charge in [0, 0.05) is 35.0 Å². The molecule has 27 heavy (non-hydrogen) atoms. The van der Waals surface area contributed by atoms with E-state index in [1.165, 1.54) is 16.9 Å². The minimum absolute atomic E-state index is 0.0216. The second kappa shape index (κ2) is 10.1. The molecule has 0 saturated carbocycles. The van der Waals surface area contributed by atoms with E-state index < -0.39 is 0 Å². The lowest BCUT2D eigenvalue weighted by Gasteiger charge is -2.31. The fourth-order valence-corrected chi connectivity index (χ4v) is 4.16. The zero-order valence-electron chi connectivity index (χ0n) is 15.0. The van der Waals surface area contributed by atoms with Gasteiger partial charge in [0.2, 0.25) is 0 Å². The monoisotopic (exact) mass is 498 g/mol. The summed E-state index contributed by atoms with van der Waals surface area (Å²) in [5.74, 6) is 0.379. The molecule has 2 aromatic rings. The fraction of sp³-hybridized carbons (Fsp3) is 0.400. The molecule has 0 spiro atoms. The Labute approximate surface area is 177 Å². The Hall–Kier alpha value is -1.61. The molecule has 0 unspecified atom stereocenters. The van der Waals surface area contributed by atoms with E-state index in [4.69, 9.17) is 4.74 Å². The molecule has 1 aromatic carbocycles. The van der Waals surface area contributed by atoms with E-state index in [9.17, 15) is 9.59 Å². The Balaban J connectivity index is 1.36. The predicted molar refractivity (Wildman–Crippen MR) is 115 cm³/mol. The molecule has 2 heterocycles. The highest BCUT2D eigenvalue weighted by molar-refractivity contribution is 14.1. The molecule has 0 radical (unpaired) electrons. The number of alkyl halides is 1. The van der Waals surface area contributed by atoms with Gasteiger partial charge < -0.3 is 15.0 Å². The van der Waals surface area contributed by atoms with E-state index in [2.05, 4.69) is 40.0 Å². The van der Waals surface area contributed by atoms with Crippen molar-refractivity contribution in [2.75, 3.05) is 19.6 Å². The lowest BCUT2D eigenvalue weighted by molar-refractivity contribution is 0.0801. The average Bonchev–Trinajstić information content (AvgIpc) is 3.26. The van der Waals surface area contributed by atoms with Crippen LogP contribution in [-0.4, -0.2) is 36.5 Å². The van der Waals surface area contributed by atoms with Crippen molar-refractivity contribution in [1.82, 2.24) is 10.2 Å². The number of piperidine rings is 1. The molecule has 1 aromatic heterocycles. The van der Waals surface area contributed by atoms with Gasteiger partial charge in [0.1, 0.15) is 6.61 Å². The number of likely N-dealkylation sites (tertiary alicyclic amines) is 1. The van der Waals surface area contributed by atoms with Crippen LogP contribution in [0.3, 0.4) is 0 Å². The quantitative estimate of drug-likeness (QED) is 0.473. The number of hydrogen-bond donors (Lipinski definition) is 1. The van der Waals surface area contributed by atoms with Crippen LogP contribution in [0.15, 0.2) is 41.1 Å². The zero-order chi connectivity index (χ0) is 19.1. The molecule has 144 valence electrons. The van der Waals surface area contributed by atoms with Crippen LogP contribution < -0.4 is 5.32 Å². The van der Waals surface area contributed by atoms with Crippen molar-refractivity contribution in [2.24, 2.45) is 5.92 Å². The number of halogens is 1. The first-order valence-electron chi connectivity index (χ1n) is 9.01. The van der Waals surface area contributed by atoms with Gasteiger partial charge in [-0.15, -0.1) is 0 Å². The number of nitrogens with one attached hydrogen (secondary N) is 1. The minimum Gasteiger partial charge on any atom is -0.445 e. The summed E-state index contributed by atoms with van der Waals surface area (Å²) >= 11 is 3.84. The number of thiophene rings is 1. The maximum Gasteiger partial charge on any atom is 0.410 e. The van der Waals surface area contributed by atoms with E-state index in [0.717, 1.165) is 22.8 Å². The maximum atomic E-state index is 12.3. The van der Waals surface area contributed by atoms with E-state index >= 15 is 0 Å². The summed E-state index contributed by atoms with van der Waals surface area (Å²) in [5.41, 5.74) is 2.98. The summed E-state index contributed by atoms with van der Waals surface area (Å²) in [4.78, 5) is 26.0. The molecular weight excluding hydrogens is 475 g/mol. The van der Waals surface area contributed by atoms with E-state index in [0.29, 0.717) is 37.7 Å². The van der Waals surface area contributed by atoms with Crippen LogP contribution in [0.4, 0.5) is 4.79 Å². The number of amides is 2. The van der Waals surface area contributed by atoms with Crippen LogP contribution in [0, 0.1) is 5.92 Å². The molecular formula is C20H23IN2O3S. The Bertz CT molecular complexity index is 741. The first kappa shape index (κ1) is 20.1. The van der Waals surface area contributed by atoms with Crippen molar-refractivity contribution < 1.29 is 14.3 Å². The van der Waals surface area contributed by atoms with Gasteiger partial charge in [-0.05, 0) is 41.3 Å². The summed E-state index contributed by atoms with van der Waals surface area (Å²) in [5, 5.41) is 6.74. The van der Waals surface area contributed by atoms with E-state index in [1.807, 2.05) is 29.0 Å². The normalized spacial score (nSPS) is 14.8. The first-order valence-corrected chi connectivity index (χ1v) is 11.5. The summed E-state index contributed by atoms with van der Waals surface area (Å²) in [6.07, 6.45) is 1.50. The number of benzene rings is 1. The van der Waals surface area contributed by atoms with Crippen LogP contribution in [0.1, 0.15) is 34.3 Å². The van der Waals surface area contributed by atoms with Crippen molar-refractivity contribution in [2.45, 2.75) is 23.9 Å². The molecule has 1 fully saturated rings. The second-order valence-corrected chi connectivity index (χ2v) is 8.20. The molecule has 2 amide bonds.